The molecule has 8 nitrogen and oxygen atoms in total. The average molecular weight is 756 g/mol. The zero-order valence-corrected chi connectivity index (χ0v) is 35.4. The first-order valence-corrected chi connectivity index (χ1v) is 22.9. The van der Waals surface area contributed by atoms with E-state index in [0.29, 0.717) is 17.4 Å². The first kappa shape index (κ1) is 50.7. The van der Waals surface area contributed by atoms with Crippen LogP contribution in [-0.2, 0) is 18.4 Å². The van der Waals surface area contributed by atoms with Crippen LogP contribution in [0.15, 0.2) is 36.5 Å². The van der Waals surface area contributed by atoms with Crippen LogP contribution in [0, 0.1) is 0 Å². The molecule has 0 aromatic rings. The number of unbranched alkanes of at least 4 members (excludes halogenated alkanes) is 22. The second-order valence-electron chi connectivity index (χ2n) is 15.7. The van der Waals surface area contributed by atoms with Gasteiger partial charge < -0.3 is 19.8 Å². The number of nitrogens with one attached hydrogen (secondary N) is 1. The predicted octanol–water partition coefficient (Wildman–Crippen LogP) is 11.5. The van der Waals surface area contributed by atoms with Crippen LogP contribution in [-0.4, -0.2) is 73.4 Å². The molecule has 0 rings (SSSR count). The van der Waals surface area contributed by atoms with E-state index >= 15 is 0 Å². The van der Waals surface area contributed by atoms with E-state index < -0.39 is 20.0 Å². The van der Waals surface area contributed by atoms with E-state index in [1.807, 2.05) is 27.2 Å². The molecule has 0 heterocycles. The van der Waals surface area contributed by atoms with Gasteiger partial charge in [-0.05, 0) is 44.9 Å². The second kappa shape index (κ2) is 35.4. The van der Waals surface area contributed by atoms with Crippen molar-refractivity contribution in [1.82, 2.24) is 5.32 Å². The molecule has 3 atom stereocenters. The van der Waals surface area contributed by atoms with Crippen LogP contribution >= 0.6 is 7.82 Å². The maximum absolute atomic E-state index is 12.8. The molecule has 0 saturated heterocycles. The molecule has 0 fully saturated rings. The molecule has 0 aliphatic rings. The number of carbonyl (C=O) groups excluding carboxylic acids is 1. The zero-order valence-electron chi connectivity index (χ0n) is 34.5. The van der Waals surface area contributed by atoms with Crippen molar-refractivity contribution >= 4 is 13.7 Å². The molecule has 0 aromatic heterocycles. The Balaban J connectivity index is 4.49. The Kier molecular flexibility index (Phi) is 34.6. The normalized spacial score (nSPS) is 14.8. The lowest BCUT2D eigenvalue weighted by Gasteiger charge is -2.25. The summed E-state index contributed by atoms with van der Waals surface area (Å²) in [5.74, 6) is -0.191. The molecule has 0 radical (unpaired) electrons. The van der Waals surface area contributed by atoms with E-state index in [1.165, 1.54) is 109 Å². The fourth-order valence-electron chi connectivity index (χ4n) is 5.91. The lowest BCUT2D eigenvalue weighted by Crippen LogP contribution is -2.45. The number of allylic oxidation sites excluding steroid dienone is 5. The van der Waals surface area contributed by atoms with Gasteiger partial charge in [0.05, 0.1) is 39.9 Å². The Morgan fingerprint density at radius 1 is 0.654 bits per heavy atom. The summed E-state index contributed by atoms with van der Waals surface area (Å²) in [6.45, 7) is 4.76. The standard InChI is InChI=1S/C43H83N2O6P/c1-6-8-10-12-14-16-18-20-22-24-26-28-30-32-34-36-42(46)41(40-51-52(48,49)50-39-38-45(3,4)5)44-43(47)37-35-33-31-29-27-25-23-21-19-17-15-13-11-9-7-2/h15,17,19,21,34,36,41-42,46H,6-14,16,18,20,22-33,35,37-40H2,1-5H3,(H-,44,47,48,49)/p+1/b17-15-,21-19-,36-34+. The number of phosphoric acid groups is 1. The summed E-state index contributed by atoms with van der Waals surface area (Å²) in [6, 6.07) is -0.850. The summed E-state index contributed by atoms with van der Waals surface area (Å²) in [5.41, 5.74) is 0. The fraction of sp³-hybridized carbons (Fsp3) is 0.837. The SMILES string of the molecule is CCCCC/C=C\C=C/CCCCCCCCC(=O)NC(COP(=O)(O)OCC[N+](C)(C)C)C(O)/C=C/CCCCCCCCCCCCCCC. The number of hydrogen-bond acceptors (Lipinski definition) is 5. The van der Waals surface area contributed by atoms with Gasteiger partial charge in [0.15, 0.2) is 0 Å². The fourth-order valence-corrected chi connectivity index (χ4v) is 6.65. The van der Waals surface area contributed by atoms with Crippen molar-refractivity contribution in [2.45, 2.75) is 193 Å². The first-order chi connectivity index (χ1) is 25.0. The Morgan fingerprint density at radius 3 is 1.58 bits per heavy atom. The van der Waals surface area contributed by atoms with Crippen molar-refractivity contribution in [3.05, 3.63) is 36.5 Å². The molecule has 3 unspecified atom stereocenters. The highest BCUT2D eigenvalue weighted by Crippen LogP contribution is 2.43. The highest BCUT2D eigenvalue weighted by Gasteiger charge is 2.27. The number of rotatable bonds is 38. The maximum Gasteiger partial charge on any atom is 0.472 e. The van der Waals surface area contributed by atoms with Crippen LogP contribution in [0.5, 0.6) is 0 Å². The quantitative estimate of drug-likeness (QED) is 0.0190. The first-order valence-electron chi connectivity index (χ1n) is 21.4. The Hall–Kier alpha value is -1.28. The highest BCUT2D eigenvalue weighted by atomic mass is 31.2. The van der Waals surface area contributed by atoms with Gasteiger partial charge in [0, 0.05) is 6.42 Å². The molecule has 0 saturated carbocycles. The lowest BCUT2D eigenvalue weighted by atomic mass is 10.0. The topological polar surface area (TPSA) is 105 Å². The maximum atomic E-state index is 12.8. The van der Waals surface area contributed by atoms with Crippen molar-refractivity contribution in [3.8, 4) is 0 Å². The molecule has 3 N–H and O–H groups in total. The number of aliphatic hydroxyl groups is 1. The van der Waals surface area contributed by atoms with Gasteiger partial charge in [0.1, 0.15) is 13.2 Å². The number of carbonyl (C=O) groups is 1. The van der Waals surface area contributed by atoms with Gasteiger partial charge in [-0.25, -0.2) is 4.57 Å². The summed E-state index contributed by atoms with van der Waals surface area (Å²) in [6.07, 6.45) is 42.0. The molecule has 0 spiro atoms. The second-order valence-corrected chi connectivity index (χ2v) is 17.2. The van der Waals surface area contributed by atoms with Crippen molar-refractivity contribution in [2.24, 2.45) is 0 Å². The van der Waals surface area contributed by atoms with Crippen molar-refractivity contribution < 1.29 is 32.9 Å². The van der Waals surface area contributed by atoms with E-state index in [1.54, 1.807) is 6.08 Å². The van der Waals surface area contributed by atoms with E-state index in [-0.39, 0.29) is 19.1 Å². The van der Waals surface area contributed by atoms with Gasteiger partial charge in [0.2, 0.25) is 5.91 Å². The van der Waals surface area contributed by atoms with Gasteiger partial charge in [-0.2, -0.15) is 0 Å². The highest BCUT2D eigenvalue weighted by molar-refractivity contribution is 7.47. The van der Waals surface area contributed by atoms with Crippen LogP contribution in [0.3, 0.4) is 0 Å². The number of phosphoric ester groups is 1. The van der Waals surface area contributed by atoms with Crippen LogP contribution in [0.2, 0.25) is 0 Å². The van der Waals surface area contributed by atoms with Crippen LogP contribution in [0.25, 0.3) is 0 Å². The molecule has 0 aliphatic heterocycles. The molecule has 9 heteroatoms. The minimum absolute atomic E-state index is 0.0587. The summed E-state index contributed by atoms with van der Waals surface area (Å²) < 4.78 is 23.5. The smallest absolute Gasteiger partial charge is 0.387 e. The summed E-state index contributed by atoms with van der Waals surface area (Å²) in [5, 5.41) is 13.8. The number of likely N-dealkylation sites (N-methyl/N-ethyl adjacent to an activating group) is 1. The molecule has 52 heavy (non-hydrogen) atoms. The van der Waals surface area contributed by atoms with Gasteiger partial charge in [0.25, 0.3) is 0 Å². The largest absolute Gasteiger partial charge is 0.472 e. The minimum Gasteiger partial charge on any atom is -0.387 e. The number of aliphatic hydroxyl groups excluding tert-OH is 1. The van der Waals surface area contributed by atoms with Crippen molar-refractivity contribution in [2.75, 3.05) is 40.9 Å². The van der Waals surface area contributed by atoms with Crippen LogP contribution in [0.1, 0.15) is 181 Å². The molecule has 0 aromatic carbocycles. The predicted molar refractivity (Wildman–Crippen MR) is 221 cm³/mol. The van der Waals surface area contributed by atoms with Gasteiger partial charge in [-0.3, -0.25) is 13.8 Å². The minimum atomic E-state index is -4.34. The third kappa shape index (κ3) is 37.1. The van der Waals surface area contributed by atoms with E-state index in [9.17, 15) is 19.4 Å². The van der Waals surface area contributed by atoms with Gasteiger partial charge in [-0.15, -0.1) is 0 Å². The summed E-state index contributed by atoms with van der Waals surface area (Å²) >= 11 is 0. The van der Waals surface area contributed by atoms with E-state index in [2.05, 4.69) is 43.5 Å². The molecule has 0 aliphatic carbocycles. The lowest BCUT2D eigenvalue weighted by molar-refractivity contribution is -0.870. The zero-order chi connectivity index (χ0) is 38.6. The molecule has 306 valence electrons. The van der Waals surface area contributed by atoms with Crippen LogP contribution in [0.4, 0.5) is 0 Å². The van der Waals surface area contributed by atoms with Crippen molar-refractivity contribution in [1.29, 1.82) is 0 Å². The third-order valence-electron chi connectivity index (χ3n) is 9.38. The van der Waals surface area contributed by atoms with Gasteiger partial charge >= 0.3 is 7.82 Å². The van der Waals surface area contributed by atoms with E-state index in [0.717, 1.165) is 51.4 Å². The average Bonchev–Trinajstić information content (AvgIpc) is 3.09. The number of hydrogen-bond donors (Lipinski definition) is 3. The monoisotopic (exact) mass is 756 g/mol. The summed E-state index contributed by atoms with van der Waals surface area (Å²) in [7, 11) is 1.56. The number of quaternary nitrogens is 1. The van der Waals surface area contributed by atoms with Gasteiger partial charge in [-0.1, -0.05) is 166 Å². The Morgan fingerprint density at radius 2 is 1.08 bits per heavy atom. The molecule has 0 bridgehead atoms. The molecular formula is C43H84N2O6P+. The Labute approximate surface area is 321 Å². The summed E-state index contributed by atoms with van der Waals surface area (Å²) in [4.78, 5) is 23.1. The number of amides is 1. The number of nitrogens with zero attached hydrogens (tertiary/aromatic N) is 1. The van der Waals surface area contributed by atoms with E-state index in [4.69, 9.17) is 9.05 Å². The Bertz CT molecular complexity index is 948. The third-order valence-corrected chi connectivity index (χ3v) is 10.4. The van der Waals surface area contributed by atoms with Crippen molar-refractivity contribution in [3.63, 3.8) is 0 Å². The molecule has 1 amide bonds. The molecular weight excluding hydrogens is 671 g/mol. The van der Waals surface area contributed by atoms with Crippen LogP contribution < -0.4 is 5.32 Å².